The lowest BCUT2D eigenvalue weighted by Crippen LogP contribution is -2.50. The van der Waals surface area contributed by atoms with Gasteiger partial charge in [-0.05, 0) is 37.8 Å². The summed E-state index contributed by atoms with van der Waals surface area (Å²) in [5.41, 5.74) is 1.47. The molecule has 118 valence electrons. The molecule has 0 radical (unpaired) electrons. The molecule has 1 amide bonds. The van der Waals surface area contributed by atoms with Crippen molar-refractivity contribution in [2.24, 2.45) is 0 Å². The molecule has 1 N–H and O–H groups in total. The number of nitro groups is 1. The van der Waals surface area contributed by atoms with E-state index in [2.05, 4.69) is 5.32 Å². The number of rotatable bonds is 4. The average molecular weight is 310 g/mol. The summed E-state index contributed by atoms with van der Waals surface area (Å²) in [7, 11) is 0. The zero-order valence-electron chi connectivity index (χ0n) is 12.9. The van der Waals surface area contributed by atoms with Crippen LogP contribution in [0.25, 0.3) is 0 Å². The number of hydrogen-bond donors (Lipinski definition) is 1. The van der Waals surface area contributed by atoms with Crippen molar-refractivity contribution < 1.29 is 9.72 Å². The van der Waals surface area contributed by atoms with E-state index >= 15 is 0 Å². The SMILES string of the molecule is Cc1c(C(=O)NC2(c3ccccc3)CCC2)cccc1[N+](=O)[O-]. The summed E-state index contributed by atoms with van der Waals surface area (Å²) in [6, 6.07) is 14.5. The number of carbonyl (C=O) groups excluding carboxylic acids is 1. The first-order valence-corrected chi connectivity index (χ1v) is 7.65. The van der Waals surface area contributed by atoms with Gasteiger partial charge in [0.25, 0.3) is 11.6 Å². The zero-order valence-corrected chi connectivity index (χ0v) is 12.9. The molecule has 1 fully saturated rings. The number of amides is 1. The van der Waals surface area contributed by atoms with Crippen LogP contribution < -0.4 is 5.32 Å². The molecule has 5 heteroatoms. The molecule has 0 heterocycles. The Hall–Kier alpha value is -2.69. The van der Waals surface area contributed by atoms with Crippen molar-refractivity contribution in [1.29, 1.82) is 0 Å². The molecule has 23 heavy (non-hydrogen) atoms. The third-order valence-corrected chi connectivity index (χ3v) is 4.63. The minimum Gasteiger partial charge on any atom is -0.343 e. The van der Waals surface area contributed by atoms with Gasteiger partial charge in [-0.2, -0.15) is 0 Å². The van der Waals surface area contributed by atoms with Gasteiger partial charge < -0.3 is 5.32 Å². The van der Waals surface area contributed by atoms with Crippen LogP contribution in [0.5, 0.6) is 0 Å². The number of nitro benzene ring substituents is 1. The first-order valence-electron chi connectivity index (χ1n) is 7.65. The Bertz CT molecular complexity index is 752. The molecular formula is C18H18N2O3. The van der Waals surface area contributed by atoms with Crippen LogP contribution >= 0.6 is 0 Å². The van der Waals surface area contributed by atoms with E-state index in [1.165, 1.54) is 6.07 Å². The molecule has 2 aromatic carbocycles. The molecular weight excluding hydrogens is 292 g/mol. The Morgan fingerprint density at radius 2 is 1.83 bits per heavy atom. The van der Waals surface area contributed by atoms with Gasteiger partial charge in [0.2, 0.25) is 0 Å². The van der Waals surface area contributed by atoms with Gasteiger partial charge in [0.05, 0.1) is 10.5 Å². The zero-order chi connectivity index (χ0) is 16.4. The number of nitrogens with one attached hydrogen (secondary N) is 1. The maximum atomic E-state index is 12.7. The third-order valence-electron chi connectivity index (χ3n) is 4.63. The van der Waals surface area contributed by atoms with Gasteiger partial charge in [0.15, 0.2) is 0 Å². The third kappa shape index (κ3) is 2.70. The highest BCUT2D eigenvalue weighted by Gasteiger charge is 2.40. The lowest BCUT2D eigenvalue weighted by Gasteiger charge is -2.43. The summed E-state index contributed by atoms with van der Waals surface area (Å²) in [6.07, 6.45) is 2.83. The summed E-state index contributed by atoms with van der Waals surface area (Å²) in [6.45, 7) is 1.61. The van der Waals surface area contributed by atoms with Crippen molar-refractivity contribution in [3.63, 3.8) is 0 Å². The molecule has 5 nitrogen and oxygen atoms in total. The summed E-state index contributed by atoms with van der Waals surface area (Å²) >= 11 is 0. The van der Waals surface area contributed by atoms with Gasteiger partial charge in [0, 0.05) is 17.2 Å². The fourth-order valence-corrected chi connectivity index (χ4v) is 3.13. The van der Waals surface area contributed by atoms with E-state index in [-0.39, 0.29) is 17.1 Å². The standard InChI is InChI=1S/C18H18N2O3/c1-13-15(9-5-10-16(13)20(22)23)17(21)19-18(11-6-12-18)14-7-3-2-4-8-14/h2-5,7-10H,6,11-12H2,1H3,(H,19,21). The highest BCUT2D eigenvalue weighted by molar-refractivity contribution is 5.97. The molecule has 0 saturated heterocycles. The van der Waals surface area contributed by atoms with Gasteiger partial charge in [-0.25, -0.2) is 0 Å². The molecule has 0 atom stereocenters. The van der Waals surface area contributed by atoms with E-state index in [9.17, 15) is 14.9 Å². The molecule has 2 aromatic rings. The van der Waals surface area contributed by atoms with Crippen LogP contribution in [-0.2, 0) is 5.54 Å². The van der Waals surface area contributed by atoms with Crippen LogP contribution in [0.15, 0.2) is 48.5 Å². The molecule has 0 aliphatic heterocycles. The van der Waals surface area contributed by atoms with Gasteiger partial charge in [0.1, 0.15) is 0 Å². The lowest BCUT2D eigenvalue weighted by atomic mass is 9.71. The van der Waals surface area contributed by atoms with E-state index in [0.717, 1.165) is 24.8 Å². The van der Waals surface area contributed by atoms with Crippen LogP contribution in [0.2, 0.25) is 0 Å². The molecule has 0 spiro atoms. The summed E-state index contributed by atoms with van der Waals surface area (Å²) in [4.78, 5) is 23.3. The number of hydrogen-bond acceptors (Lipinski definition) is 3. The normalized spacial score (nSPS) is 15.5. The fourth-order valence-electron chi connectivity index (χ4n) is 3.13. The first-order chi connectivity index (χ1) is 11.0. The predicted octanol–water partition coefficient (Wildman–Crippen LogP) is 3.71. The second-order valence-corrected chi connectivity index (χ2v) is 5.96. The Morgan fingerprint density at radius 3 is 2.39 bits per heavy atom. The van der Waals surface area contributed by atoms with Crippen molar-refractivity contribution in [1.82, 2.24) is 5.32 Å². The number of benzene rings is 2. The summed E-state index contributed by atoms with van der Waals surface area (Å²) < 4.78 is 0. The Kier molecular flexibility index (Phi) is 3.86. The smallest absolute Gasteiger partial charge is 0.273 e. The van der Waals surface area contributed by atoms with Crippen LogP contribution in [0.1, 0.15) is 40.7 Å². The predicted molar refractivity (Wildman–Crippen MR) is 87.3 cm³/mol. The lowest BCUT2D eigenvalue weighted by molar-refractivity contribution is -0.385. The molecule has 1 aliphatic carbocycles. The highest BCUT2D eigenvalue weighted by atomic mass is 16.6. The maximum Gasteiger partial charge on any atom is 0.273 e. The highest BCUT2D eigenvalue weighted by Crippen LogP contribution is 2.41. The minimum atomic E-state index is -0.456. The van der Waals surface area contributed by atoms with Crippen molar-refractivity contribution >= 4 is 11.6 Å². The van der Waals surface area contributed by atoms with E-state index in [4.69, 9.17) is 0 Å². The Morgan fingerprint density at radius 1 is 1.13 bits per heavy atom. The maximum absolute atomic E-state index is 12.7. The van der Waals surface area contributed by atoms with Crippen LogP contribution in [-0.4, -0.2) is 10.8 Å². The van der Waals surface area contributed by atoms with E-state index < -0.39 is 4.92 Å². The topological polar surface area (TPSA) is 72.2 Å². The monoisotopic (exact) mass is 310 g/mol. The van der Waals surface area contributed by atoms with Crippen LogP contribution in [0, 0.1) is 17.0 Å². The van der Waals surface area contributed by atoms with Crippen molar-refractivity contribution in [2.45, 2.75) is 31.7 Å². The molecule has 0 unspecified atom stereocenters. The largest absolute Gasteiger partial charge is 0.343 e. The molecule has 3 rings (SSSR count). The van der Waals surface area contributed by atoms with Crippen molar-refractivity contribution in [3.05, 3.63) is 75.3 Å². The fraction of sp³-hybridized carbons (Fsp3) is 0.278. The van der Waals surface area contributed by atoms with Crippen molar-refractivity contribution in [2.75, 3.05) is 0 Å². The molecule has 0 bridgehead atoms. The van der Waals surface area contributed by atoms with Gasteiger partial charge >= 0.3 is 0 Å². The van der Waals surface area contributed by atoms with Crippen LogP contribution in [0.3, 0.4) is 0 Å². The van der Waals surface area contributed by atoms with E-state index in [1.54, 1.807) is 19.1 Å². The second-order valence-electron chi connectivity index (χ2n) is 5.96. The summed E-state index contributed by atoms with van der Waals surface area (Å²) in [5, 5.41) is 14.2. The minimum absolute atomic E-state index is 0.0278. The second kappa shape index (κ2) is 5.83. The Labute approximate surface area is 134 Å². The van der Waals surface area contributed by atoms with E-state index in [0.29, 0.717) is 11.1 Å². The molecule has 1 saturated carbocycles. The van der Waals surface area contributed by atoms with Crippen molar-refractivity contribution in [3.8, 4) is 0 Å². The van der Waals surface area contributed by atoms with Gasteiger partial charge in [-0.1, -0.05) is 36.4 Å². The van der Waals surface area contributed by atoms with Gasteiger partial charge in [-0.15, -0.1) is 0 Å². The number of nitrogens with zero attached hydrogens (tertiary/aromatic N) is 1. The molecule has 0 aromatic heterocycles. The quantitative estimate of drug-likeness (QED) is 0.691. The number of carbonyl (C=O) groups is 1. The van der Waals surface area contributed by atoms with E-state index in [1.807, 2.05) is 30.3 Å². The summed E-state index contributed by atoms with van der Waals surface area (Å²) in [5.74, 6) is -0.255. The Balaban J connectivity index is 1.90. The molecule has 1 aliphatic rings. The first kappa shape index (κ1) is 15.2. The van der Waals surface area contributed by atoms with Gasteiger partial charge in [-0.3, -0.25) is 14.9 Å². The van der Waals surface area contributed by atoms with Crippen LogP contribution in [0.4, 0.5) is 5.69 Å². The average Bonchev–Trinajstić information content (AvgIpc) is 2.51.